The van der Waals surface area contributed by atoms with Crippen molar-refractivity contribution in [3.05, 3.63) is 70.9 Å². The highest BCUT2D eigenvalue weighted by atomic mass is 32.2. The number of hydrogen-bond donors (Lipinski definition) is 1. The number of carbonyl (C=O) groups excluding carboxylic acids is 1. The van der Waals surface area contributed by atoms with E-state index >= 15 is 0 Å². The molecule has 6 nitrogen and oxygen atoms in total. The highest BCUT2D eigenvalue weighted by Crippen LogP contribution is 2.25. The summed E-state index contributed by atoms with van der Waals surface area (Å²) in [5.41, 5.74) is 7.02. The fourth-order valence-corrected chi connectivity index (χ4v) is 4.71. The van der Waals surface area contributed by atoms with Gasteiger partial charge >= 0.3 is 0 Å². The Hall–Kier alpha value is -3.06. The number of nitrogens with zero attached hydrogens (tertiary/aromatic N) is 4. The van der Waals surface area contributed by atoms with Gasteiger partial charge < -0.3 is 15.1 Å². The molecule has 33 heavy (non-hydrogen) atoms. The smallest absolute Gasteiger partial charge is 0.234 e. The van der Waals surface area contributed by atoms with E-state index < -0.39 is 0 Å². The van der Waals surface area contributed by atoms with Crippen molar-refractivity contribution in [2.24, 2.45) is 0 Å². The summed E-state index contributed by atoms with van der Waals surface area (Å²) in [6.07, 6.45) is 1.78. The number of rotatable bonds is 6. The summed E-state index contributed by atoms with van der Waals surface area (Å²) < 4.78 is 0. The summed E-state index contributed by atoms with van der Waals surface area (Å²) in [6.45, 7) is 12.1. The second kappa shape index (κ2) is 10.3. The summed E-state index contributed by atoms with van der Waals surface area (Å²) in [5.74, 6) is 1.14. The first kappa shape index (κ1) is 23.1. The molecular formula is C26H31N5OS. The zero-order chi connectivity index (χ0) is 23.4. The standard InChI is InChI=1S/C26H31N5OS/c1-18-6-8-22(21(4)15-18)28-25(32)17-33-26-27-10-9-24(29-26)31-13-11-30(12-14-31)23-16-19(2)5-7-20(23)3/h5-10,15-16H,11-14,17H2,1-4H3,(H,28,32). The van der Waals surface area contributed by atoms with Crippen LogP contribution in [0.5, 0.6) is 0 Å². The topological polar surface area (TPSA) is 61.4 Å². The van der Waals surface area contributed by atoms with Crippen LogP contribution in [0, 0.1) is 27.7 Å². The number of nitrogens with one attached hydrogen (secondary N) is 1. The van der Waals surface area contributed by atoms with Gasteiger partial charge in [-0.25, -0.2) is 9.97 Å². The molecule has 0 atom stereocenters. The van der Waals surface area contributed by atoms with E-state index in [2.05, 4.69) is 58.2 Å². The van der Waals surface area contributed by atoms with Crippen LogP contribution in [0.3, 0.4) is 0 Å². The van der Waals surface area contributed by atoms with Crippen molar-refractivity contribution in [3.8, 4) is 0 Å². The molecule has 172 valence electrons. The zero-order valence-electron chi connectivity index (χ0n) is 19.8. The van der Waals surface area contributed by atoms with Crippen LogP contribution < -0.4 is 15.1 Å². The molecule has 1 fully saturated rings. The van der Waals surface area contributed by atoms with Crippen LogP contribution in [0.4, 0.5) is 17.2 Å². The molecule has 2 heterocycles. The summed E-state index contributed by atoms with van der Waals surface area (Å²) in [5, 5.41) is 3.61. The second-order valence-electron chi connectivity index (χ2n) is 8.62. The molecule has 0 radical (unpaired) electrons. The average molecular weight is 462 g/mol. The molecule has 1 saturated heterocycles. The maximum atomic E-state index is 12.4. The van der Waals surface area contributed by atoms with Gasteiger partial charge in [0.2, 0.25) is 5.91 Å². The number of amides is 1. The number of aromatic nitrogens is 2. The minimum Gasteiger partial charge on any atom is -0.368 e. The molecule has 1 aliphatic rings. The zero-order valence-corrected chi connectivity index (χ0v) is 20.6. The lowest BCUT2D eigenvalue weighted by atomic mass is 10.1. The molecule has 1 N–H and O–H groups in total. The van der Waals surface area contributed by atoms with Crippen LogP contribution in [-0.4, -0.2) is 47.8 Å². The lowest BCUT2D eigenvalue weighted by molar-refractivity contribution is -0.113. The number of piperazine rings is 1. The highest BCUT2D eigenvalue weighted by Gasteiger charge is 2.20. The summed E-state index contributed by atoms with van der Waals surface area (Å²) in [7, 11) is 0. The van der Waals surface area contributed by atoms with Crippen molar-refractivity contribution in [3.63, 3.8) is 0 Å². The maximum Gasteiger partial charge on any atom is 0.234 e. The van der Waals surface area contributed by atoms with Gasteiger partial charge in [0.05, 0.1) is 5.75 Å². The molecule has 0 aliphatic carbocycles. The first-order chi connectivity index (χ1) is 15.9. The van der Waals surface area contributed by atoms with E-state index in [1.165, 1.54) is 34.1 Å². The van der Waals surface area contributed by atoms with Crippen LogP contribution in [0.1, 0.15) is 22.3 Å². The molecule has 0 spiro atoms. The molecular weight excluding hydrogens is 430 g/mol. The normalized spacial score (nSPS) is 13.8. The van der Waals surface area contributed by atoms with Crippen molar-refractivity contribution < 1.29 is 4.79 Å². The quantitative estimate of drug-likeness (QED) is 0.422. The Kier molecular flexibility index (Phi) is 7.18. The molecule has 1 amide bonds. The van der Waals surface area contributed by atoms with Crippen molar-refractivity contribution in [2.75, 3.05) is 47.0 Å². The van der Waals surface area contributed by atoms with Gasteiger partial charge in [0, 0.05) is 43.8 Å². The molecule has 0 unspecified atom stereocenters. The Morgan fingerprint density at radius 2 is 1.61 bits per heavy atom. The van der Waals surface area contributed by atoms with Gasteiger partial charge in [-0.15, -0.1) is 0 Å². The van der Waals surface area contributed by atoms with Crippen molar-refractivity contribution in [1.29, 1.82) is 0 Å². The number of carbonyl (C=O) groups is 1. The van der Waals surface area contributed by atoms with Gasteiger partial charge in [-0.1, -0.05) is 41.6 Å². The van der Waals surface area contributed by atoms with Gasteiger partial charge in [0.1, 0.15) is 5.82 Å². The van der Waals surface area contributed by atoms with Crippen LogP contribution in [-0.2, 0) is 4.79 Å². The van der Waals surface area contributed by atoms with Crippen molar-refractivity contribution in [1.82, 2.24) is 9.97 Å². The molecule has 4 rings (SSSR count). The molecule has 2 aromatic carbocycles. The van der Waals surface area contributed by atoms with E-state index in [1.54, 1.807) is 6.20 Å². The number of thioether (sulfide) groups is 1. The molecule has 0 saturated carbocycles. The molecule has 1 aliphatic heterocycles. The minimum absolute atomic E-state index is 0.0527. The highest BCUT2D eigenvalue weighted by molar-refractivity contribution is 7.99. The Bertz CT molecular complexity index is 1140. The Morgan fingerprint density at radius 1 is 0.909 bits per heavy atom. The SMILES string of the molecule is Cc1ccc(NC(=O)CSc2nccc(N3CCN(c4cc(C)ccc4C)CC3)n2)c(C)c1. The predicted octanol–water partition coefficient (Wildman–Crippen LogP) is 4.77. The maximum absolute atomic E-state index is 12.4. The average Bonchev–Trinajstić information content (AvgIpc) is 2.81. The van der Waals surface area contributed by atoms with E-state index in [0.717, 1.165) is 43.2 Å². The monoisotopic (exact) mass is 461 g/mol. The molecule has 1 aromatic heterocycles. The largest absolute Gasteiger partial charge is 0.368 e. The lowest BCUT2D eigenvalue weighted by Crippen LogP contribution is -2.47. The Balaban J connectivity index is 1.32. The van der Waals surface area contributed by atoms with Crippen molar-refractivity contribution in [2.45, 2.75) is 32.9 Å². The van der Waals surface area contributed by atoms with Gasteiger partial charge in [-0.3, -0.25) is 4.79 Å². The summed E-state index contributed by atoms with van der Waals surface area (Å²) in [6, 6.07) is 14.6. The molecule has 7 heteroatoms. The second-order valence-corrected chi connectivity index (χ2v) is 9.56. The van der Waals surface area contributed by atoms with Gasteiger partial charge in [-0.05, 0) is 62.6 Å². The van der Waals surface area contributed by atoms with E-state index in [-0.39, 0.29) is 11.7 Å². The van der Waals surface area contributed by atoms with E-state index in [0.29, 0.717) is 5.16 Å². The number of aryl methyl sites for hydroxylation is 4. The third kappa shape index (κ3) is 5.85. The lowest BCUT2D eigenvalue weighted by Gasteiger charge is -2.37. The van der Waals surface area contributed by atoms with Gasteiger partial charge in [-0.2, -0.15) is 0 Å². The Morgan fingerprint density at radius 3 is 2.36 bits per heavy atom. The van der Waals surface area contributed by atoms with Crippen LogP contribution >= 0.6 is 11.8 Å². The fraction of sp³-hybridized carbons (Fsp3) is 0.346. The summed E-state index contributed by atoms with van der Waals surface area (Å²) in [4.78, 5) is 26.2. The van der Waals surface area contributed by atoms with Crippen LogP contribution in [0.15, 0.2) is 53.8 Å². The first-order valence-corrected chi connectivity index (χ1v) is 12.3. The molecule has 3 aromatic rings. The van der Waals surface area contributed by atoms with E-state index in [1.807, 2.05) is 32.0 Å². The Labute approximate surface area is 200 Å². The third-order valence-corrected chi connectivity index (χ3v) is 6.78. The van der Waals surface area contributed by atoms with Gasteiger partial charge in [0.25, 0.3) is 0 Å². The minimum atomic E-state index is -0.0527. The van der Waals surface area contributed by atoms with Crippen LogP contribution in [0.25, 0.3) is 0 Å². The first-order valence-electron chi connectivity index (χ1n) is 11.3. The van der Waals surface area contributed by atoms with Crippen LogP contribution in [0.2, 0.25) is 0 Å². The predicted molar refractivity (Wildman–Crippen MR) is 138 cm³/mol. The van der Waals surface area contributed by atoms with Crippen molar-refractivity contribution >= 4 is 34.9 Å². The number of benzene rings is 2. The number of hydrogen-bond acceptors (Lipinski definition) is 6. The fourth-order valence-electron chi connectivity index (χ4n) is 4.08. The summed E-state index contributed by atoms with van der Waals surface area (Å²) >= 11 is 1.36. The molecule has 0 bridgehead atoms. The third-order valence-electron chi connectivity index (χ3n) is 5.92. The number of anilines is 3. The van der Waals surface area contributed by atoms with Gasteiger partial charge in [0.15, 0.2) is 5.16 Å². The van der Waals surface area contributed by atoms with E-state index in [9.17, 15) is 4.79 Å². The van der Waals surface area contributed by atoms with E-state index in [4.69, 9.17) is 4.98 Å².